The van der Waals surface area contributed by atoms with E-state index in [0.29, 0.717) is 46.6 Å². The average molecular weight is 541 g/mol. The van der Waals surface area contributed by atoms with Crippen molar-refractivity contribution in [3.05, 3.63) is 56.5 Å². The molecule has 0 radical (unpaired) electrons. The number of hydrogen-bond acceptors (Lipinski definition) is 6. The lowest BCUT2D eigenvalue weighted by molar-refractivity contribution is -0.137. The van der Waals surface area contributed by atoms with Gasteiger partial charge in [0.05, 0.1) is 28.4 Å². The largest absolute Gasteiger partial charge is 0.506 e. The molecule has 0 saturated carbocycles. The lowest BCUT2D eigenvalue weighted by Crippen LogP contribution is -2.42. The summed E-state index contributed by atoms with van der Waals surface area (Å²) in [5.41, 5.74) is 3.50. The van der Waals surface area contributed by atoms with E-state index in [-0.39, 0.29) is 18.3 Å². The number of rotatable bonds is 6. The number of carbonyl (C=O) groups excluding carboxylic acids is 2. The number of ether oxygens (including phenoxy) is 2. The summed E-state index contributed by atoms with van der Waals surface area (Å²) in [6.07, 6.45) is 1.49. The summed E-state index contributed by atoms with van der Waals surface area (Å²) in [5, 5.41) is 13.6. The molecule has 158 valence electrons. The Morgan fingerprint density at radius 1 is 1.17 bits per heavy atom. The van der Waals surface area contributed by atoms with Gasteiger partial charge in [-0.25, -0.2) is 5.43 Å². The normalized spacial score (nSPS) is 14.0. The molecule has 1 fully saturated rings. The van der Waals surface area contributed by atoms with Gasteiger partial charge in [0.2, 0.25) is 0 Å². The van der Waals surface area contributed by atoms with Crippen molar-refractivity contribution in [2.24, 2.45) is 5.10 Å². The van der Waals surface area contributed by atoms with Gasteiger partial charge >= 0.3 is 0 Å². The fourth-order valence-corrected chi connectivity index (χ4v) is 3.81. The maximum Gasteiger partial charge on any atom is 0.271 e. The number of nitrogens with one attached hydrogen (secondary N) is 1. The van der Waals surface area contributed by atoms with Gasteiger partial charge in [-0.05, 0) is 73.8 Å². The zero-order valence-corrected chi connectivity index (χ0v) is 19.0. The first-order valence-corrected chi connectivity index (χ1v) is 10.6. The topological polar surface area (TPSA) is 100 Å². The smallest absolute Gasteiger partial charge is 0.271 e. The van der Waals surface area contributed by atoms with Crippen molar-refractivity contribution >= 4 is 49.9 Å². The number of morpholine rings is 1. The highest BCUT2D eigenvalue weighted by Crippen LogP contribution is 2.33. The van der Waals surface area contributed by atoms with Crippen molar-refractivity contribution in [1.82, 2.24) is 10.3 Å². The highest BCUT2D eigenvalue weighted by molar-refractivity contribution is 9.11. The molecule has 1 heterocycles. The minimum absolute atomic E-state index is 0.0176. The number of amides is 2. The van der Waals surface area contributed by atoms with Gasteiger partial charge in [0.25, 0.3) is 11.8 Å². The van der Waals surface area contributed by atoms with Gasteiger partial charge in [-0.1, -0.05) is 0 Å². The molecule has 0 atom stereocenters. The summed E-state index contributed by atoms with van der Waals surface area (Å²) < 4.78 is 11.6. The number of carbonyl (C=O) groups is 2. The van der Waals surface area contributed by atoms with Crippen LogP contribution < -0.4 is 10.2 Å². The third kappa shape index (κ3) is 6.04. The fourth-order valence-electron chi connectivity index (χ4n) is 2.63. The number of aromatic hydroxyl groups is 1. The molecule has 2 aromatic carbocycles. The predicted octanol–water partition coefficient (Wildman–Crippen LogP) is 2.92. The number of phenolic OH excluding ortho intramolecular Hbond substituents is 1. The molecule has 0 aliphatic carbocycles. The summed E-state index contributed by atoms with van der Waals surface area (Å²) >= 11 is 6.36. The zero-order chi connectivity index (χ0) is 21.5. The highest BCUT2D eigenvalue weighted by atomic mass is 79.9. The third-order valence-electron chi connectivity index (χ3n) is 4.26. The predicted molar refractivity (Wildman–Crippen MR) is 118 cm³/mol. The first-order valence-electron chi connectivity index (χ1n) is 9.04. The Morgan fingerprint density at radius 2 is 1.80 bits per heavy atom. The molecule has 0 bridgehead atoms. The van der Waals surface area contributed by atoms with Crippen LogP contribution in [0.2, 0.25) is 0 Å². The van der Waals surface area contributed by atoms with Crippen molar-refractivity contribution < 1.29 is 24.2 Å². The van der Waals surface area contributed by atoms with E-state index < -0.39 is 5.91 Å². The van der Waals surface area contributed by atoms with Gasteiger partial charge in [-0.15, -0.1) is 0 Å². The maximum atomic E-state index is 12.2. The Hall–Kier alpha value is -2.43. The van der Waals surface area contributed by atoms with Crippen LogP contribution in [0.25, 0.3) is 0 Å². The Kier molecular flexibility index (Phi) is 7.83. The SMILES string of the molecule is O=C(N/N=C\c1ccc(OCC(=O)N2CCOCC2)cc1)c1cc(Br)c(O)c(Br)c1. The maximum absolute atomic E-state index is 12.2. The van der Waals surface area contributed by atoms with Crippen LogP contribution in [0.15, 0.2) is 50.4 Å². The van der Waals surface area contributed by atoms with Gasteiger partial charge in [0.15, 0.2) is 6.61 Å². The van der Waals surface area contributed by atoms with E-state index in [9.17, 15) is 14.7 Å². The molecule has 0 spiro atoms. The molecule has 0 unspecified atom stereocenters. The second-order valence-corrected chi connectivity index (χ2v) is 8.05. The Morgan fingerprint density at radius 3 is 2.43 bits per heavy atom. The van der Waals surface area contributed by atoms with Gasteiger partial charge in [0.1, 0.15) is 11.5 Å². The summed E-state index contributed by atoms with van der Waals surface area (Å²) in [5.74, 6) is 0.0916. The molecular weight excluding hydrogens is 522 g/mol. The lowest BCUT2D eigenvalue weighted by atomic mass is 10.2. The quantitative estimate of drug-likeness (QED) is 0.433. The third-order valence-corrected chi connectivity index (χ3v) is 5.47. The molecule has 30 heavy (non-hydrogen) atoms. The van der Waals surface area contributed by atoms with E-state index in [4.69, 9.17) is 9.47 Å². The molecule has 10 heteroatoms. The number of phenols is 1. The molecule has 0 aromatic heterocycles. The van der Waals surface area contributed by atoms with Crippen LogP contribution in [-0.2, 0) is 9.53 Å². The summed E-state index contributed by atoms with van der Waals surface area (Å²) in [7, 11) is 0. The Balaban J connectivity index is 1.49. The zero-order valence-electron chi connectivity index (χ0n) is 15.8. The molecule has 1 aliphatic heterocycles. The summed E-state index contributed by atoms with van der Waals surface area (Å²) in [4.78, 5) is 26.0. The second-order valence-electron chi connectivity index (χ2n) is 6.34. The fraction of sp³-hybridized carbons (Fsp3) is 0.250. The first-order chi connectivity index (χ1) is 14.4. The standard InChI is InChI=1S/C20H19Br2N3O5/c21-16-9-14(10-17(22)19(16)27)20(28)24-23-11-13-1-3-15(4-2-13)30-12-18(26)25-5-7-29-8-6-25/h1-4,9-11,27H,5-8,12H2,(H,24,28)/b23-11-. The van der Waals surface area contributed by atoms with Crippen LogP contribution in [0.4, 0.5) is 0 Å². The van der Waals surface area contributed by atoms with E-state index in [1.165, 1.54) is 18.3 Å². The van der Waals surface area contributed by atoms with E-state index in [0.717, 1.165) is 5.56 Å². The Bertz CT molecular complexity index is 921. The van der Waals surface area contributed by atoms with Gasteiger partial charge in [-0.3, -0.25) is 9.59 Å². The van der Waals surface area contributed by atoms with Crippen molar-refractivity contribution in [2.75, 3.05) is 32.9 Å². The molecule has 2 aromatic rings. The van der Waals surface area contributed by atoms with Crippen molar-refractivity contribution in [1.29, 1.82) is 0 Å². The lowest BCUT2D eigenvalue weighted by Gasteiger charge is -2.26. The first kappa shape index (κ1) is 22.3. The summed E-state index contributed by atoms with van der Waals surface area (Å²) in [6, 6.07) is 9.97. The van der Waals surface area contributed by atoms with Crippen molar-refractivity contribution in [2.45, 2.75) is 0 Å². The second kappa shape index (κ2) is 10.6. The van der Waals surface area contributed by atoms with Crippen molar-refractivity contribution in [3.8, 4) is 11.5 Å². The van der Waals surface area contributed by atoms with E-state index in [2.05, 4.69) is 42.4 Å². The molecule has 3 rings (SSSR count). The highest BCUT2D eigenvalue weighted by Gasteiger charge is 2.17. The molecular formula is C20H19Br2N3O5. The van der Waals surface area contributed by atoms with Crippen LogP contribution in [0.1, 0.15) is 15.9 Å². The molecule has 1 saturated heterocycles. The number of hydrogen-bond donors (Lipinski definition) is 2. The van der Waals surface area contributed by atoms with Gasteiger partial charge in [-0.2, -0.15) is 5.10 Å². The van der Waals surface area contributed by atoms with Crippen LogP contribution in [0.5, 0.6) is 11.5 Å². The average Bonchev–Trinajstić information content (AvgIpc) is 2.76. The monoisotopic (exact) mass is 539 g/mol. The minimum Gasteiger partial charge on any atom is -0.506 e. The van der Waals surface area contributed by atoms with Crippen LogP contribution in [0, 0.1) is 0 Å². The van der Waals surface area contributed by atoms with Gasteiger partial charge < -0.3 is 19.5 Å². The molecule has 1 aliphatic rings. The van der Waals surface area contributed by atoms with Crippen LogP contribution >= 0.6 is 31.9 Å². The van der Waals surface area contributed by atoms with Crippen LogP contribution in [0.3, 0.4) is 0 Å². The molecule has 8 nitrogen and oxygen atoms in total. The Labute approximate surface area is 190 Å². The van der Waals surface area contributed by atoms with E-state index >= 15 is 0 Å². The number of halogens is 2. The van der Waals surface area contributed by atoms with E-state index in [1.807, 2.05) is 0 Å². The molecule has 2 N–H and O–H groups in total. The van der Waals surface area contributed by atoms with Crippen LogP contribution in [-0.4, -0.2) is 60.9 Å². The number of hydrazone groups is 1. The van der Waals surface area contributed by atoms with E-state index in [1.54, 1.807) is 29.2 Å². The number of nitrogens with zero attached hydrogens (tertiary/aromatic N) is 2. The molecule has 2 amide bonds. The number of benzene rings is 2. The summed E-state index contributed by atoms with van der Waals surface area (Å²) in [6.45, 7) is 2.25. The minimum atomic E-state index is -0.422. The van der Waals surface area contributed by atoms with Gasteiger partial charge in [0, 0.05) is 18.7 Å². The van der Waals surface area contributed by atoms with Crippen molar-refractivity contribution in [3.63, 3.8) is 0 Å².